The number of likely N-dealkylation sites (tertiary alicyclic amines) is 1. The van der Waals surface area contributed by atoms with Crippen LogP contribution in [0.2, 0.25) is 0 Å². The lowest BCUT2D eigenvalue weighted by atomic mass is 9.85. The molecule has 1 aromatic carbocycles. The first-order chi connectivity index (χ1) is 14.7. The molecule has 2 fully saturated rings. The molecule has 5 heteroatoms. The monoisotopic (exact) mass is 413 g/mol. The van der Waals surface area contributed by atoms with Crippen molar-refractivity contribution in [2.24, 2.45) is 5.92 Å². The van der Waals surface area contributed by atoms with Crippen LogP contribution in [-0.2, 0) is 17.6 Å². The Morgan fingerprint density at radius 1 is 1.17 bits per heavy atom. The van der Waals surface area contributed by atoms with Crippen molar-refractivity contribution in [1.29, 1.82) is 0 Å². The van der Waals surface area contributed by atoms with Crippen molar-refractivity contribution in [2.75, 3.05) is 39.8 Å². The van der Waals surface area contributed by atoms with Gasteiger partial charge in [-0.1, -0.05) is 13.0 Å². The zero-order valence-electron chi connectivity index (χ0n) is 18.9. The van der Waals surface area contributed by atoms with Gasteiger partial charge in [0, 0.05) is 31.7 Å². The fraction of sp³-hybridized carbons (Fsp3) is 0.720. The minimum atomic E-state index is 0.201. The molecule has 0 spiro atoms. The van der Waals surface area contributed by atoms with Crippen LogP contribution in [-0.4, -0.2) is 67.6 Å². The van der Waals surface area contributed by atoms with E-state index in [0.29, 0.717) is 18.0 Å². The molecule has 2 heterocycles. The SMILES string of the molecule is CCCN(C1CCN(C(=O)C2CCCNC2)CC1)C1CCc2ccc(OC)cc2C1. The van der Waals surface area contributed by atoms with Gasteiger partial charge in [-0.05, 0) is 87.7 Å². The van der Waals surface area contributed by atoms with E-state index in [1.807, 2.05) is 0 Å². The molecule has 2 atom stereocenters. The van der Waals surface area contributed by atoms with Gasteiger partial charge in [-0.15, -0.1) is 0 Å². The van der Waals surface area contributed by atoms with Crippen molar-refractivity contribution in [2.45, 2.75) is 70.4 Å². The molecule has 1 aliphatic carbocycles. The molecule has 0 bridgehead atoms. The summed E-state index contributed by atoms with van der Waals surface area (Å²) >= 11 is 0. The first kappa shape index (κ1) is 21.6. The summed E-state index contributed by atoms with van der Waals surface area (Å²) in [5.41, 5.74) is 2.95. The fourth-order valence-corrected chi connectivity index (χ4v) is 5.78. The molecule has 166 valence electrons. The molecule has 4 rings (SSSR count). The van der Waals surface area contributed by atoms with Gasteiger partial charge in [0.25, 0.3) is 0 Å². The summed E-state index contributed by atoms with van der Waals surface area (Å²) in [7, 11) is 1.75. The lowest BCUT2D eigenvalue weighted by Crippen LogP contribution is -2.53. The van der Waals surface area contributed by atoms with Crippen LogP contribution < -0.4 is 10.1 Å². The molecule has 1 N–H and O–H groups in total. The number of nitrogens with zero attached hydrogens (tertiary/aromatic N) is 2. The highest BCUT2D eigenvalue weighted by Gasteiger charge is 2.34. The van der Waals surface area contributed by atoms with Crippen molar-refractivity contribution in [3.63, 3.8) is 0 Å². The van der Waals surface area contributed by atoms with Gasteiger partial charge in [0.05, 0.1) is 13.0 Å². The summed E-state index contributed by atoms with van der Waals surface area (Å²) in [6, 6.07) is 7.80. The average Bonchev–Trinajstić information content (AvgIpc) is 2.82. The standard InChI is InChI=1S/C25H39N3O2/c1-3-13-28(23-8-6-19-7-9-24(30-2)17-21(19)16-23)22-10-14-27(15-11-22)25(29)20-5-4-12-26-18-20/h7,9,17,20,22-23,26H,3-6,8,10-16,18H2,1-2H3. The lowest BCUT2D eigenvalue weighted by Gasteiger charge is -2.44. The van der Waals surface area contributed by atoms with Crippen molar-refractivity contribution in [3.05, 3.63) is 29.3 Å². The Labute approximate surface area is 182 Å². The highest BCUT2D eigenvalue weighted by atomic mass is 16.5. The Bertz CT molecular complexity index is 708. The largest absolute Gasteiger partial charge is 0.497 e. The van der Waals surface area contributed by atoms with Gasteiger partial charge in [0.15, 0.2) is 0 Å². The van der Waals surface area contributed by atoms with E-state index in [1.54, 1.807) is 7.11 Å². The Morgan fingerprint density at radius 2 is 2.00 bits per heavy atom. The third kappa shape index (κ3) is 4.83. The van der Waals surface area contributed by atoms with E-state index in [9.17, 15) is 4.79 Å². The number of ether oxygens (including phenoxy) is 1. The number of aryl methyl sites for hydroxylation is 1. The van der Waals surface area contributed by atoms with E-state index >= 15 is 0 Å². The third-order valence-corrected chi connectivity index (χ3v) is 7.46. The molecule has 1 aromatic rings. The summed E-state index contributed by atoms with van der Waals surface area (Å²) in [4.78, 5) is 17.9. The molecule has 0 aromatic heterocycles. The topological polar surface area (TPSA) is 44.8 Å². The number of benzene rings is 1. The van der Waals surface area contributed by atoms with E-state index < -0.39 is 0 Å². The molecule has 2 aliphatic heterocycles. The van der Waals surface area contributed by atoms with Gasteiger partial charge in [0.1, 0.15) is 5.75 Å². The van der Waals surface area contributed by atoms with Crippen LogP contribution >= 0.6 is 0 Å². The number of hydrogen-bond acceptors (Lipinski definition) is 4. The van der Waals surface area contributed by atoms with Gasteiger partial charge in [-0.3, -0.25) is 9.69 Å². The maximum atomic E-state index is 12.9. The van der Waals surface area contributed by atoms with Crippen molar-refractivity contribution < 1.29 is 9.53 Å². The summed E-state index contributed by atoms with van der Waals surface area (Å²) < 4.78 is 5.47. The number of hydrogen-bond donors (Lipinski definition) is 1. The minimum absolute atomic E-state index is 0.201. The van der Waals surface area contributed by atoms with Crippen LogP contribution in [0.25, 0.3) is 0 Å². The van der Waals surface area contributed by atoms with Crippen molar-refractivity contribution >= 4 is 5.91 Å². The first-order valence-corrected chi connectivity index (χ1v) is 12.1. The summed E-state index contributed by atoms with van der Waals surface area (Å²) in [6.07, 6.45) is 9.14. The molecular weight excluding hydrogens is 374 g/mol. The number of carbonyl (C=O) groups excluding carboxylic acids is 1. The highest BCUT2D eigenvalue weighted by molar-refractivity contribution is 5.79. The third-order valence-electron chi connectivity index (χ3n) is 7.46. The van der Waals surface area contributed by atoms with Gasteiger partial charge in [0.2, 0.25) is 5.91 Å². The minimum Gasteiger partial charge on any atom is -0.497 e. The second-order valence-corrected chi connectivity index (χ2v) is 9.37. The quantitative estimate of drug-likeness (QED) is 0.778. The van der Waals surface area contributed by atoms with Crippen molar-refractivity contribution in [1.82, 2.24) is 15.1 Å². The van der Waals surface area contributed by atoms with Gasteiger partial charge < -0.3 is 15.0 Å². The molecule has 0 saturated carbocycles. The summed E-state index contributed by atoms with van der Waals surface area (Å²) in [6.45, 7) is 7.24. The zero-order valence-corrected chi connectivity index (χ0v) is 18.9. The van der Waals surface area contributed by atoms with E-state index in [1.165, 1.54) is 24.0 Å². The average molecular weight is 414 g/mol. The predicted molar refractivity (Wildman–Crippen MR) is 121 cm³/mol. The maximum Gasteiger partial charge on any atom is 0.226 e. The number of rotatable bonds is 6. The lowest BCUT2D eigenvalue weighted by molar-refractivity contribution is -0.137. The molecule has 30 heavy (non-hydrogen) atoms. The molecular formula is C25H39N3O2. The highest BCUT2D eigenvalue weighted by Crippen LogP contribution is 2.31. The molecule has 0 radical (unpaired) electrons. The second-order valence-electron chi connectivity index (χ2n) is 9.37. The molecule has 3 aliphatic rings. The number of carbonyl (C=O) groups is 1. The van der Waals surface area contributed by atoms with Crippen LogP contribution in [0.1, 0.15) is 56.6 Å². The van der Waals surface area contributed by atoms with Crippen LogP contribution in [0.5, 0.6) is 5.75 Å². The van der Waals surface area contributed by atoms with E-state index in [4.69, 9.17) is 4.74 Å². The Hall–Kier alpha value is -1.59. The van der Waals surface area contributed by atoms with Crippen molar-refractivity contribution in [3.8, 4) is 5.75 Å². The van der Waals surface area contributed by atoms with Gasteiger partial charge in [-0.2, -0.15) is 0 Å². The Kier molecular flexibility index (Phi) is 7.32. The van der Waals surface area contributed by atoms with Gasteiger partial charge in [-0.25, -0.2) is 0 Å². The summed E-state index contributed by atoms with van der Waals surface area (Å²) in [5.74, 6) is 1.56. The number of nitrogens with one attached hydrogen (secondary N) is 1. The molecule has 1 amide bonds. The molecule has 2 unspecified atom stereocenters. The second kappa shape index (κ2) is 10.1. The molecule has 5 nitrogen and oxygen atoms in total. The van der Waals surface area contributed by atoms with E-state index in [2.05, 4.69) is 40.2 Å². The smallest absolute Gasteiger partial charge is 0.226 e. The van der Waals surface area contributed by atoms with Crippen LogP contribution in [0.3, 0.4) is 0 Å². The van der Waals surface area contributed by atoms with Crippen LogP contribution in [0, 0.1) is 5.92 Å². The fourth-order valence-electron chi connectivity index (χ4n) is 5.78. The number of piperidine rings is 2. The van der Waals surface area contributed by atoms with Crippen LogP contribution in [0.15, 0.2) is 18.2 Å². The Morgan fingerprint density at radius 3 is 2.70 bits per heavy atom. The number of methoxy groups -OCH3 is 1. The zero-order chi connectivity index (χ0) is 20.9. The maximum absolute atomic E-state index is 12.9. The number of amides is 1. The van der Waals surface area contributed by atoms with Crippen LogP contribution in [0.4, 0.5) is 0 Å². The normalized spacial score (nSPS) is 25.2. The number of fused-ring (bicyclic) bond motifs is 1. The van der Waals surface area contributed by atoms with E-state index in [0.717, 1.165) is 77.0 Å². The first-order valence-electron chi connectivity index (χ1n) is 12.1. The Balaban J connectivity index is 1.37. The predicted octanol–water partition coefficient (Wildman–Crippen LogP) is 3.26. The molecule has 2 saturated heterocycles. The summed E-state index contributed by atoms with van der Waals surface area (Å²) in [5, 5.41) is 3.39. The van der Waals surface area contributed by atoms with E-state index in [-0.39, 0.29) is 5.92 Å². The van der Waals surface area contributed by atoms with Gasteiger partial charge >= 0.3 is 0 Å².